The van der Waals surface area contributed by atoms with Gasteiger partial charge in [0.25, 0.3) is 0 Å². The van der Waals surface area contributed by atoms with Gasteiger partial charge in [-0.2, -0.15) is 4.31 Å². The summed E-state index contributed by atoms with van der Waals surface area (Å²) in [5.41, 5.74) is 2.51. The molecule has 0 aliphatic carbocycles. The lowest BCUT2D eigenvalue weighted by molar-refractivity contribution is -0.120. The molecule has 0 saturated carbocycles. The number of sulfonamides is 1. The number of methoxy groups -OCH3 is 1. The van der Waals surface area contributed by atoms with E-state index in [9.17, 15) is 13.2 Å². The van der Waals surface area contributed by atoms with Gasteiger partial charge in [0.15, 0.2) is 0 Å². The summed E-state index contributed by atoms with van der Waals surface area (Å²) in [4.78, 5) is 12.9. The van der Waals surface area contributed by atoms with Crippen molar-refractivity contribution >= 4 is 21.6 Å². The topological polar surface area (TPSA) is 75.7 Å². The zero-order chi connectivity index (χ0) is 18.7. The predicted octanol–water partition coefficient (Wildman–Crippen LogP) is 2.41. The lowest BCUT2D eigenvalue weighted by Crippen LogP contribution is -2.51. The number of anilines is 1. The van der Waals surface area contributed by atoms with Crippen molar-refractivity contribution in [1.82, 2.24) is 4.31 Å². The third-order valence-corrected chi connectivity index (χ3v) is 6.40. The molecular formula is C19H22N2O4S. The summed E-state index contributed by atoms with van der Waals surface area (Å²) in [6.45, 7) is 1.80. The number of carbonyl (C=O) groups is 1. The van der Waals surface area contributed by atoms with Crippen molar-refractivity contribution < 1.29 is 17.9 Å². The van der Waals surface area contributed by atoms with Gasteiger partial charge in [-0.1, -0.05) is 30.3 Å². The first-order chi connectivity index (χ1) is 12.4. The van der Waals surface area contributed by atoms with Gasteiger partial charge in [0.1, 0.15) is 11.8 Å². The minimum Gasteiger partial charge on any atom is -0.497 e. The van der Waals surface area contributed by atoms with Gasteiger partial charge in [0.05, 0.1) is 12.9 Å². The molecular weight excluding hydrogens is 352 g/mol. The zero-order valence-electron chi connectivity index (χ0n) is 14.8. The second kappa shape index (κ2) is 7.47. The van der Waals surface area contributed by atoms with E-state index < -0.39 is 16.1 Å². The van der Waals surface area contributed by atoms with Gasteiger partial charge < -0.3 is 10.1 Å². The predicted molar refractivity (Wildman–Crippen MR) is 101 cm³/mol. The third-order valence-electron chi connectivity index (χ3n) is 4.57. The molecule has 1 N–H and O–H groups in total. The van der Waals surface area contributed by atoms with E-state index in [1.807, 2.05) is 24.3 Å². The summed E-state index contributed by atoms with van der Waals surface area (Å²) in [7, 11) is -1.97. The van der Waals surface area contributed by atoms with E-state index >= 15 is 0 Å². The van der Waals surface area contributed by atoms with Gasteiger partial charge in [-0.05, 0) is 36.6 Å². The number of benzene rings is 2. The number of nitrogens with one attached hydrogen (secondary N) is 1. The van der Waals surface area contributed by atoms with Crippen molar-refractivity contribution in [3.8, 4) is 5.75 Å². The van der Waals surface area contributed by atoms with Crippen LogP contribution >= 0.6 is 0 Å². The molecule has 1 aliphatic heterocycles. The number of amides is 1. The Balaban J connectivity index is 1.90. The molecule has 0 spiro atoms. The highest BCUT2D eigenvalue weighted by atomic mass is 32.2. The quantitative estimate of drug-likeness (QED) is 0.872. The standard InChI is InChI=1S/C19H22N2O4S/c1-3-26(23,24)21-13-15-8-5-4-7-14(15)11-18(21)19(22)20-16-9-6-10-17(12-16)25-2/h4-10,12,18H,3,11,13H2,1-2H3,(H,20,22)/t18-/m1/s1. The summed E-state index contributed by atoms with van der Waals surface area (Å²) in [6.07, 6.45) is 0.352. The molecule has 1 aliphatic rings. The Morgan fingerprint density at radius 3 is 2.62 bits per heavy atom. The van der Waals surface area contributed by atoms with Gasteiger partial charge in [0, 0.05) is 18.3 Å². The molecule has 0 radical (unpaired) electrons. The highest BCUT2D eigenvalue weighted by Crippen LogP contribution is 2.27. The van der Waals surface area contributed by atoms with Crippen LogP contribution in [0.1, 0.15) is 18.1 Å². The second-order valence-electron chi connectivity index (χ2n) is 6.16. The maximum absolute atomic E-state index is 12.9. The van der Waals surface area contributed by atoms with E-state index in [0.717, 1.165) is 11.1 Å². The van der Waals surface area contributed by atoms with Crippen LogP contribution in [-0.2, 0) is 27.8 Å². The minimum atomic E-state index is -3.52. The number of nitrogens with zero attached hydrogens (tertiary/aromatic N) is 1. The third kappa shape index (κ3) is 3.73. The van der Waals surface area contributed by atoms with Crippen molar-refractivity contribution in [2.24, 2.45) is 0 Å². The first-order valence-electron chi connectivity index (χ1n) is 8.46. The molecule has 2 aromatic rings. The van der Waals surface area contributed by atoms with Crippen LogP contribution in [0.3, 0.4) is 0 Å². The Morgan fingerprint density at radius 2 is 1.92 bits per heavy atom. The normalized spacial score (nSPS) is 17.4. The number of hydrogen-bond acceptors (Lipinski definition) is 4. The molecule has 1 heterocycles. The molecule has 6 nitrogen and oxygen atoms in total. The van der Waals surface area contributed by atoms with E-state index in [2.05, 4.69) is 5.32 Å². The van der Waals surface area contributed by atoms with Crippen LogP contribution < -0.4 is 10.1 Å². The fourth-order valence-electron chi connectivity index (χ4n) is 3.11. The molecule has 1 atom stereocenters. The Hall–Kier alpha value is -2.38. The molecule has 138 valence electrons. The summed E-state index contributed by atoms with van der Waals surface area (Å²) in [6, 6.07) is 13.8. The smallest absolute Gasteiger partial charge is 0.243 e. The molecule has 2 aromatic carbocycles. The Labute approximate surface area is 153 Å². The van der Waals surface area contributed by atoms with Crippen LogP contribution in [-0.4, -0.2) is 37.5 Å². The largest absolute Gasteiger partial charge is 0.497 e. The van der Waals surface area contributed by atoms with Crippen molar-refractivity contribution in [2.45, 2.75) is 25.9 Å². The maximum atomic E-state index is 12.9. The average Bonchev–Trinajstić information content (AvgIpc) is 2.67. The van der Waals surface area contributed by atoms with Crippen LogP contribution in [0.25, 0.3) is 0 Å². The van der Waals surface area contributed by atoms with Crippen molar-refractivity contribution in [3.63, 3.8) is 0 Å². The maximum Gasteiger partial charge on any atom is 0.243 e. The monoisotopic (exact) mass is 374 g/mol. The molecule has 26 heavy (non-hydrogen) atoms. The highest BCUT2D eigenvalue weighted by molar-refractivity contribution is 7.89. The fourth-order valence-corrected chi connectivity index (χ4v) is 4.33. The van der Waals surface area contributed by atoms with E-state index in [-0.39, 0.29) is 18.2 Å². The van der Waals surface area contributed by atoms with Crippen molar-refractivity contribution in [1.29, 1.82) is 0 Å². The van der Waals surface area contributed by atoms with Crippen LogP contribution in [0.15, 0.2) is 48.5 Å². The molecule has 0 fully saturated rings. The lowest BCUT2D eigenvalue weighted by atomic mass is 9.95. The van der Waals surface area contributed by atoms with Gasteiger partial charge in [-0.3, -0.25) is 4.79 Å². The van der Waals surface area contributed by atoms with E-state index in [1.165, 1.54) is 4.31 Å². The number of carbonyl (C=O) groups excluding carboxylic acids is 1. The molecule has 0 saturated heterocycles. The van der Waals surface area contributed by atoms with E-state index in [4.69, 9.17) is 4.74 Å². The summed E-state index contributed by atoms with van der Waals surface area (Å²) < 4.78 is 31.6. The van der Waals surface area contributed by atoms with Gasteiger partial charge in [0.2, 0.25) is 15.9 Å². The van der Waals surface area contributed by atoms with Crippen LogP contribution in [0, 0.1) is 0 Å². The van der Waals surface area contributed by atoms with Gasteiger partial charge in [-0.15, -0.1) is 0 Å². The molecule has 0 bridgehead atoms. The van der Waals surface area contributed by atoms with Gasteiger partial charge in [-0.25, -0.2) is 8.42 Å². The number of rotatable bonds is 5. The SMILES string of the molecule is CCS(=O)(=O)N1Cc2ccccc2C[C@@H]1C(=O)Nc1cccc(OC)c1. The molecule has 0 unspecified atom stereocenters. The molecule has 1 amide bonds. The highest BCUT2D eigenvalue weighted by Gasteiger charge is 2.37. The first-order valence-corrected chi connectivity index (χ1v) is 10.1. The Bertz CT molecular complexity index is 911. The van der Waals surface area contributed by atoms with Gasteiger partial charge >= 0.3 is 0 Å². The first kappa shape index (κ1) is 18.4. The lowest BCUT2D eigenvalue weighted by Gasteiger charge is -2.34. The summed E-state index contributed by atoms with van der Waals surface area (Å²) >= 11 is 0. The van der Waals surface area contributed by atoms with Crippen LogP contribution in [0.2, 0.25) is 0 Å². The number of ether oxygens (including phenoxy) is 1. The van der Waals surface area contributed by atoms with Crippen molar-refractivity contribution in [2.75, 3.05) is 18.2 Å². The van der Waals surface area contributed by atoms with Crippen molar-refractivity contribution in [3.05, 3.63) is 59.7 Å². The average molecular weight is 374 g/mol. The number of fused-ring (bicyclic) bond motifs is 1. The Kier molecular flexibility index (Phi) is 5.29. The second-order valence-corrected chi connectivity index (χ2v) is 8.37. The fraction of sp³-hybridized carbons (Fsp3) is 0.316. The molecule has 3 rings (SSSR count). The van der Waals surface area contributed by atoms with E-state index in [1.54, 1.807) is 38.3 Å². The molecule has 0 aromatic heterocycles. The summed E-state index contributed by atoms with van der Waals surface area (Å²) in [5, 5.41) is 2.82. The zero-order valence-corrected chi connectivity index (χ0v) is 15.6. The Morgan fingerprint density at radius 1 is 1.19 bits per heavy atom. The minimum absolute atomic E-state index is 0.0435. The summed E-state index contributed by atoms with van der Waals surface area (Å²) in [5.74, 6) is 0.234. The number of hydrogen-bond donors (Lipinski definition) is 1. The van der Waals surface area contributed by atoms with E-state index in [0.29, 0.717) is 17.9 Å². The van der Waals surface area contributed by atoms with Crippen LogP contribution in [0.5, 0.6) is 5.75 Å². The van der Waals surface area contributed by atoms with Crippen LogP contribution in [0.4, 0.5) is 5.69 Å². The molecule has 7 heteroatoms.